The fourth-order valence-electron chi connectivity index (χ4n) is 2.39. The molecule has 0 saturated carbocycles. The quantitative estimate of drug-likeness (QED) is 0.435. The average Bonchev–Trinajstić information content (AvgIpc) is 2.95. The first-order valence-electron chi connectivity index (χ1n) is 9.31. The molecule has 1 fully saturated rings. The molecule has 3 N–H and O–H groups in total. The Hall–Kier alpha value is -3.16. The van der Waals surface area contributed by atoms with Crippen LogP contribution in [0.2, 0.25) is 0 Å². The number of ether oxygens (including phenoxy) is 3. The summed E-state index contributed by atoms with van der Waals surface area (Å²) in [5.41, 5.74) is -0.372. The van der Waals surface area contributed by atoms with Crippen molar-refractivity contribution in [3.8, 4) is 11.8 Å². The molecule has 1 aliphatic heterocycles. The van der Waals surface area contributed by atoms with Crippen molar-refractivity contribution < 1.29 is 33.7 Å². The van der Waals surface area contributed by atoms with E-state index in [2.05, 4.69) is 10.6 Å². The molecule has 0 aliphatic carbocycles. The zero-order valence-corrected chi connectivity index (χ0v) is 17.4. The van der Waals surface area contributed by atoms with Crippen molar-refractivity contribution in [2.75, 3.05) is 11.9 Å². The number of rotatable bonds is 7. The number of carbonyl (C=O) groups is 3. The molecule has 162 valence electrons. The number of aliphatic hydroxyl groups is 1. The van der Waals surface area contributed by atoms with Crippen LogP contribution >= 0.6 is 0 Å². The van der Waals surface area contributed by atoms with E-state index in [1.165, 1.54) is 18.2 Å². The van der Waals surface area contributed by atoms with Gasteiger partial charge in [-0.3, -0.25) is 4.79 Å². The van der Waals surface area contributed by atoms with Crippen molar-refractivity contribution >= 4 is 23.5 Å². The molecule has 1 amide bonds. The molecule has 0 bridgehead atoms. The fourth-order valence-corrected chi connectivity index (χ4v) is 2.39. The molecule has 30 heavy (non-hydrogen) atoms. The van der Waals surface area contributed by atoms with E-state index in [1.54, 1.807) is 13.8 Å². The number of anilines is 1. The maximum absolute atomic E-state index is 12.2. The number of para-hydroxylation sites is 1. The lowest BCUT2D eigenvalue weighted by Gasteiger charge is -2.32. The summed E-state index contributed by atoms with van der Waals surface area (Å²) in [6.07, 6.45) is -1.65. The van der Waals surface area contributed by atoms with Crippen LogP contribution in [0.25, 0.3) is 0 Å². The largest absolute Gasteiger partial charge is 0.451 e. The number of hydrogen-bond acceptors (Lipinski definition) is 9. The molecular weight excluding hydrogens is 394 g/mol. The van der Waals surface area contributed by atoms with Gasteiger partial charge in [0.05, 0.1) is 11.3 Å². The van der Waals surface area contributed by atoms with Gasteiger partial charge in [-0.05, 0) is 32.9 Å². The summed E-state index contributed by atoms with van der Waals surface area (Å²) in [7, 11) is 0. The van der Waals surface area contributed by atoms with Crippen LogP contribution in [-0.4, -0.2) is 47.1 Å². The molecule has 10 nitrogen and oxygen atoms in total. The van der Waals surface area contributed by atoms with E-state index >= 15 is 0 Å². The van der Waals surface area contributed by atoms with E-state index in [4.69, 9.17) is 14.2 Å². The smallest absolute Gasteiger partial charge is 0.415 e. The highest BCUT2D eigenvalue weighted by Crippen LogP contribution is 2.36. The number of esters is 2. The Kier molecular flexibility index (Phi) is 6.70. The highest BCUT2D eigenvalue weighted by molar-refractivity contribution is 6.31. The summed E-state index contributed by atoms with van der Waals surface area (Å²) in [5, 5.41) is 25.7. The minimum Gasteiger partial charge on any atom is -0.415 e. The number of cyclic esters (lactones) is 2. The number of aliphatic hydroxyl groups excluding tert-OH is 1. The number of nitrogens with one attached hydrogen (secondary N) is 2. The normalized spacial score (nSPS) is 16.5. The van der Waals surface area contributed by atoms with Gasteiger partial charge in [0.1, 0.15) is 6.07 Å². The lowest BCUT2D eigenvalue weighted by Crippen LogP contribution is -2.55. The van der Waals surface area contributed by atoms with Gasteiger partial charge in [-0.2, -0.15) is 5.26 Å². The molecule has 1 aromatic rings. The summed E-state index contributed by atoms with van der Waals surface area (Å²) in [6.45, 7) is 8.69. The van der Waals surface area contributed by atoms with Gasteiger partial charge in [0.25, 0.3) is 0 Å². The van der Waals surface area contributed by atoms with E-state index in [9.17, 15) is 24.8 Å². The molecule has 1 aromatic carbocycles. The van der Waals surface area contributed by atoms with Crippen LogP contribution < -0.4 is 15.4 Å². The van der Waals surface area contributed by atoms with Crippen LogP contribution in [0.1, 0.15) is 40.2 Å². The van der Waals surface area contributed by atoms with E-state index in [-0.39, 0.29) is 35.4 Å². The molecule has 2 rings (SSSR count). The third-order valence-corrected chi connectivity index (χ3v) is 4.03. The molecule has 1 aliphatic rings. The molecule has 1 saturated heterocycles. The molecular formula is C20H25N3O7. The Balaban J connectivity index is 2.45. The minimum atomic E-state index is -2.53. The van der Waals surface area contributed by atoms with Crippen molar-refractivity contribution in [2.45, 2.75) is 52.2 Å². The number of carbonyl (C=O) groups excluding carboxylic acids is 3. The summed E-state index contributed by atoms with van der Waals surface area (Å²) >= 11 is 0. The van der Waals surface area contributed by atoms with Gasteiger partial charge in [0, 0.05) is 18.0 Å². The number of nitrogens with zero attached hydrogens (tertiary/aromatic N) is 1. The number of amides is 1. The second-order valence-electron chi connectivity index (χ2n) is 8.07. The van der Waals surface area contributed by atoms with E-state index in [0.717, 1.165) is 0 Å². The number of benzene rings is 1. The SMILES string of the molecule is CC(C)C(=O)Nc1cccc(C#N)c1OC1(C(O)CNC(C)(C)C)OC(=O)C(=O)O1. The molecule has 0 spiro atoms. The summed E-state index contributed by atoms with van der Waals surface area (Å²) in [5.74, 6) is -6.19. The third-order valence-electron chi connectivity index (χ3n) is 4.03. The third kappa shape index (κ3) is 5.25. The fraction of sp³-hybridized carbons (Fsp3) is 0.500. The van der Waals surface area contributed by atoms with Gasteiger partial charge in [-0.25, -0.2) is 9.59 Å². The molecule has 1 atom stereocenters. The van der Waals surface area contributed by atoms with E-state index in [0.29, 0.717) is 0 Å². The Morgan fingerprint density at radius 3 is 2.37 bits per heavy atom. The van der Waals surface area contributed by atoms with Crippen LogP contribution in [0.3, 0.4) is 0 Å². The Labute approximate surface area is 174 Å². The van der Waals surface area contributed by atoms with Gasteiger partial charge >= 0.3 is 17.9 Å². The van der Waals surface area contributed by atoms with Gasteiger partial charge in [-0.15, -0.1) is 0 Å². The first-order valence-corrected chi connectivity index (χ1v) is 9.31. The molecule has 0 radical (unpaired) electrons. The maximum atomic E-state index is 12.2. The van der Waals surface area contributed by atoms with Crippen molar-refractivity contribution in [1.29, 1.82) is 5.26 Å². The van der Waals surface area contributed by atoms with Gasteiger partial charge < -0.3 is 30.0 Å². The zero-order valence-electron chi connectivity index (χ0n) is 17.4. The standard InChI is InChI=1S/C20H25N3O7/c1-11(2)16(25)23-13-8-6-7-12(9-21)15(13)28-20(29-17(26)18(27)30-20)14(24)10-22-19(3,4)5/h6-8,11,14,22,24H,10H2,1-5H3,(H,23,25). The van der Waals surface area contributed by atoms with Crippen LogP contribution in [0, 0.1) is 17.2 Å². The average molecular weight is 419 g/mol. The number of β-amino-alcohol motifs (C(OH)–C–C–N with tert-alkyl or cyclic N) is 1. The van der Waals surface area contributed by atoms with Gasteiger partial charge in [0.15, 0.2) is 11.9 Å². The summed E-state index contributed by atoms with van der Waals surface area (Å²) in [4.78, 5) is 35.7. The van der Waals surface area contributed by atoms with Crippen molar-refractivity contribution in [2.24, 2.45) is 5.92 Å². The molecule has 1 heterocycles. The van der Waals surface area contributed by atoms with Crippen molar-refractivity contribution in [3.63, 3.8) is 0 Å². The van der Waals surface area contributed by atoms with Crippen molar-refractivity contribution in [3.05, 3.63) is 23.8 Å². The summed E-state index contributed by atoms with van der Waals surface area (Å²) in [6, 6.07) is 6.26. The van der Waals surface area contributed by atoms with Crippen LogP contribution in [0.15, 0.2) is 18.2 Å². The van der Waals surface area contributed by atoms with Crippen LogP contribution in [0.5, 0.6) is 5.75 Å². The van der Waals surface area contributed by atoms with Gasteiger partial charge in [-0.1, -0.05) is 19.9 Å². The Morgan fingerprint density at radius 1 is 1.27 bits per heavy atom. The molecule has 1 unspecified atom stereocenters. The van der Waals surface area contributed by atoms with Crippen LogP contribution in [0.4, 0.5) is 5.69 Å². The second kappa shape index (κ2) is 8.69. The Bertz CT molecular complexity index is 867. The maximum Gasteiger partial charge on any atom is 0.451 e. The predicted molar refractivity (Wildman–Crippen MR) is 104 cm³/mol. The Morgan fingerprint density at radius 2 is 1.87 bits per heavy atom. The zero-order chi connectivity index (χ0) is 22.7. The van der Waals surface area contributed by atoms with Crippen molar-refractivity contribution in [1.82, 2.24) is 5.32 Å². The monoisotopic (exact) mass is 419 g/mol. The van der Waals surface area contributed by atoms with E-state index < -0.39 is 29.6 Å². The minimum absolute atomic E-state index is 0.0362. The highest BCUT2D eigenvalue weighted by atomic mass is 16.9. The number of hydrogen-bond donors (Lipinski definition) is 3. The topological polar surface area (TPSA) is 147 Å². The first kappa shape index (κ1) is 23.1. The van der Waals surface area contributed by atoms with Crippen LogP contribution in [-0.2, 0) is 23.9 Å². The van der Waals surface area contributed by atoms with E-state index in [1.807, 2.05) is 26.8 Å². The molecule has 0 aromatic heterocycles. The highest BCUT2D eigenvalue weighted by Gasteiger charge is 2.58. The van der Waals surface area contributed by atoms with Gasteiger partial charge in [0.2, 0.25) is 5.91 Å². The first-order chi connectivity index (χ1) is 13.9. The number of nitriles is 1. The lowest BCUT2D eigenvalue weighted by molar-refractivity contribution is -0.316. The second-order valence-corrected chi connectivity index (χ2v) is 8.07. The molecule has 10 heteroatoms. The lowest BCUT2D eigenvalue weighted by atomic mass is 10.1. The summed E-state index contributed by atoms with van der Waals surface area (Å²) < 4.78 is 15.6. The predicted octanol–water partition coefficient (Wildman–Crippen LogP) is 1.03.